The Balaban J connectivity index is 1.55. The first-order valence-corrected chi connectivity index (χ1v) is 9.35. The molecule has 0 spiro atoms. The first-order valence-electron chi connectivity index (χ1n) is 9.35. The van der Waals surface area contributed by atoms with E-state index in [0.29, 0.717) is 12.1 Å². The van der Waals surface area contributed by atoms with Gasteiger partial charge in [0.05, 0.1) is 5.92 Å². The fraction of sp³-hybridized carbons (Fsp3) is 0.550. The van der Waals surface area contributed by atoms with Gasteiger partial charge in [0.2, 0.25) is 5.91 Å². The summed E-state index contributed by atoms with van der Waals surface area (Å²) in [6, 6.07) is 6.44. The second-order valence-electron chi connectivity index (χ2n) is 7.49. The van der Waals surface area contributed by atoms with Crippen molar-refractivity contribution >= 4 is 17.8 Å². The molecule has 1 aromatic carbocycles. The number of likely N-dealkylation sites (tertiary alicyclic amines) is 1. The Morgan fingerprint density at radius 2 is 2.00 bits per heavy atom. The van der Waals surface area contributed by atoms with Crippen LogP contribution in [0.5, 0.6) is 0 Å². The van der Waals surface area contributed by atoms with Crippen LogP contribution in [0.2, 0.25) is 0 Å². The minimum Gasteiger partial charge on any atom is -0.455 e. The van der Waals surface area contributed by atoms with Crippen LogP contribution in [0.25, 0.3) is 0 Å². The molecule has 1 aliphatic carbocycles. The summed E-state index contributed by atoms with van der Waals surface area (Å²) in [5.41, 5.74) is 0.443. The van der Waals surface area contributed by atoms with Crippen molar-refractivity contribution in [2.45, 2.75) is 51.7 Å². The standard InChI is InChI=1S/C20H25FN2O4/c1-13(2)22-11-15(9-18(22)24)20(26)27-12-19(25)23(16-7-8-16)10-14-5-3-4-6-17(14)21/h3-6,13,15-16H,7-12H2,1-2H3/t15-/m1/s1. The summed E-state index contributed by atoms with van der Waals surface area (Å²) >= 11 is 0. The van der Waals surface area contributed by atoms with Gasteiger partial charge in [-0.15, -0.1) is 0 Å². The van der Waals surface area contributed by atoms with Gasteiger partial charge in [0.1, 0.15) is 5.82 Å². The number of nitrogens with zero attached hydrogens (tertiary/aromatic N) is 2. The third-order valence-corrected chi connectivity index (χ3v) is 5.06. The molecule has 2 amide bonds. The van der Waals surface area contributed by atoms with Crippen LogP contribution in [-0.2, 0) is 25.7 Å². The largest absolute Gasteiger partial charge is 0.455 e. The van der Waals surface area contributed by atoms with Crippen LogP contribution in [0.1, 0.15) is 38.7 Å². The van der Waals surface area contributed by atoms with E-state index in [9.17, 15) is 18.8 Å². The Morgan fingerprint density at radius 1 is 1.30 bits per heavy atom. The summed E-state index contributed by atoms with van der Waals surface area (Å²) in [4.78, 5) is 39.9. The van der Waals surface area contributed by atoms with Gasteiger partial charge in [-0.3, -0.25) is 14.4 Å². The topological polar surface area (TPSA) is 66.9 Å². The van der Waals surface area contributed by atoms with Crippen molar-refractivity contribution in [3.63, 3.8) is 0 Å². The van der Waals surface area contributed by atoms with Gasteiger partial charge in [0.25, 0.3) is 5.91 Å². The molecule has 1 heterocycles. The number of ether oxygens (including phenoxy) is 1. The second-order valence-corrected chi connectivity index (χ2v) is 7.49. The minimum atomic E-state index is -0.534. The third-order valence-electron chi connectivity index (χ3n) is 5.06. The van der Waals surface area contributed by atoms with Crippen molar-refractivity contribution in [2.75, 3.05) is 13.2 Å². The van der Waals surface area contributed by atoms with Gasteiger partial charge >= 0.3 is 5.97 Å². The average Bonchev–Trinajstić information content (AvgIpc) is 3.39. The molecular formula is C20H25FN2O4. The molecule has 6 nitrogen and oxygen atoms in total. The highest BCUT2D eigenvalue weighted by Crippen LogP contribution is 2.29. The fourth-order valence-corrected chi connectivity index (χ4v) is 3.34. The molecule has 27 heavy (non-hydrogen) atoms. The molecule has 1 aliphatic heterocycles. The van der Waals surface area contributed by atoms with Crippen LogP contribution >= 0.6 is 0 Å². The van der Waals surface area contributed by atoms with E-state index in [2.05, 4.69) is 0 Å². The maximum absolute atomic E-state index is 13.9. The highest BCUT2D eigenvalue weighted by molar-refractivity contribution is 5.88. The van der Waals surface area contributed by atoms with Gasteiger partial charge in [-0.05, 0) is 32.8 Å². The van der Waals surface area contributed by atoms with Crippen LogP contribution in [0, 0.1) is 11.7 Å². The monoisotopic (exact) mass is 376 g/mol. The maximum Gasteiger partial charge on any atom is 0.311 e. The third kappa shape index (κ3) is 4.64. The Labute approximate surface area is 158 Å². The first-order chi connectivity index (χ1) is 12.9. The average molecular weight is 376 g/mol. The number of rotatable bonds is 7. The number of amides is 2. The van der Waals surface area contributed by atoms with Crippen LogP contribution < -0.4 is 0 Å². The molecule has 1 aromatic rings. The lowest BCUT2D eigenvalue weighted by Gasteiger charge is -2.23. The molecule has 0 bridgehead atoms. The lowest BCUT2D eigenvalue weighted by molar-refractivity contribution is -0.155. The lowest BCUT2D eigenvalue weighted by Crippen LogP contribution is -2.37. The number of carbonyl (C=O) groups is 3. The van der Waals surface area contributed by atoms with E-state index in [-0.39, 0.29) is 49.3 Å². The van der Waals surface area contributed by atoms with E-state index in [1.54, 1.807) is 28.0 Å². The molecule has 7 heteroatoms. The van der Waals surface area contributed by atoms with Crippen molar-refractivity contribution < 1.29 is 23.5 Å². The van der Waals surface area contributed by atoms with Crippen molar-refractivity contribution in [3.05, 3.63) is 35.6 Å². The number of halogens is 1. The Morgan fingerprint density at radius 3 is 2.59 bits per heavy atom. The fourth-order valence-electron chi connectivity index (χ4n) is 3.34. The smallest absolute Gasteiger partial charge is 0.311 e. The molecular weight excluding hydrogens is 351 g/mol. The van der Waals surface area contributed by atoms with E-state index in [0.717, 1.165) is 12.8 Å². The molecule has 0 unspecified atom stereocenters. The zero-order valence-corrected chi connectivity index (χ0v) is 15.7. The molecule has 3 rings (SSSR count). The SMILES string of the molecule is CC(C)N1C[C@H](C(=O)OCC(=O)N(Cc2ccccc2F)C2CC2)CC1=O. The molecule has 2 aliphatic rings. The summed E-state index contributed by atoms with van der Waals surface area (Å²) in [5.74, 6) is -1.82. The number of hydrogen-bond acceptors (Lipinski definition) is 4. The highest BCUT2D eigenvalue weighted by Gasteiger charge is 2.38. The van der Waals surface area contributed by atoms with Gasteiger partial charge < -0.3 is 14.5 Å². The molecule has 1 saturated heterocycles. The summed E-state index contributed by atoms with van der Waals surface area (Å²) in [6.07, 6.45) is 1.86. The summed E-state index contributed by atoms with van der Waals surface area (Å²) < 4.78 is 19.1. The zero-order valence-electron chi connectivity index (χ0n) is 15.7. The normalized spacial score (nSPS) is 19.5. The van der Waals surface area contributed by atoms with Crippen LogP contribution in [0.15, 0.2) is 24.3 Å². The van der Waals surface area contributed by atoms with Crippen LogP contribution in [-0.4, -0.2) is 52.8 Å². The number of esters is 1. The lowest BCUT2D eigenvalue weighted by atomic mass is 10.1. The van der Waals surface area contributed by atoms with Gasteiger partial charge in [0.15, 0.2) is 6.61 Å². The summed E-state index contributed by atoms with van der Waals surface area (Å²) in [5, 5.41) is 0. The number of benzene rings is 1. The summed E-state index contributed by atoms with van der Waals surface area (Å²) in [7, 11) is 0. The molecule has 1 atom stereocenters. The first kappa shape index (κ1) is 19.3. The molecule has 1 saturated carbocycles. The highest BCUT2D eigenvalue weighted by atomic mass is 19.1. The summed E-state index contributed by atoms with van der Waals surface area (Å²) in [6.45, 7) is 3.90. The molecule has 146 valence electrons. The molecule has 0 N–H and O–H groups in total. The van der Waals surface area contributed by atoms with Gasteiger partial charge in [-0.25, -0.2) is 4.39 Å². The van der Waals surface area contributed by atoms with Gasteiger partial charge in [-0.1, -0.05) is 18.2 Å². The van der Waals surface area contributed by atoms with Crippen molar-refractivity contribution in [3.8, 4) is 0 Å². The van der Waals surface area contributed by atoms with E-state index < -0.39 is 11.9 Å². The van der Waals surface area contributed by atoms with Crippen LogP contribution in [0.3, 0.4) is 0 Å². The number of carbonyl (C=O) groups excluding carboxylic acids is 3. The zero-order chi connectivity index (χ0) is 19.6. The van der Waals surface area contributed by atoms with Crippen molar-refractivity contribution in [2.24, 2.45) is 5.92 Å². The van der Waals surface area contributed by atoms with Crippen LogP contribution in [0.4, 0.5) is 4.39 Å². The van der Waals surface area contributed by atoms with Crippen molar-refractivity contribution in [1.29, 1.82) is 0 Å². The maximum atomic E-state index is 13.9. The minimum absolute atomic E-state index is 0.0306. The Bertz CT molecular complexity index is 732. The van der Waals surface area contributed by atoms with E-state index in [1.807, 2.05) is 13.8 Å². The van der Waals surface area contributed by atoms with E-state index in [1.165, 1.54) is 6.07 Å². The second kappa shape index (κ2) is 8.06. The quantitative estimate of drug-likeness (QED) is 0.684. The Kier molecular flexibility index (Phi) is 5.77. The molecule has 2 fully saturated rings. The Hall–Kier alpha value is -2.44. The predicted octanol–water partition coefficient (Wildman–Crippen LogP) is 2.12. The molecule has 0 radical (unpaired) electrons. The van der Waals surface area contributed by atoms with Gasteiger partial charge in [0, 0.05) is 37.2 Å². The van der Waals surface area contributed by atoms with Gasteiger partial charge in [-0.2, -0.15) is 0 Å². The van der Waals surface area contributed by atoms with E-state index >= 15 is 0 Å². The van der Waals surface area contributed by atoms with Crippen molar-refractivity contribution in [1.82, 2.24) is 9.80 Å². The predicted molar refractivity (Wildman–Crippen MR) is 95.9 cm³/mol. The van der Waals surface area contributed by atoms with E-state index in [4.69, 9.17) is 4.74 Å². The number of hydrogen-bond donors (Lipinski definition) is 0. The molecule has 0 aromatic heterocycles.